The van der Waals surface area contributed by atoms with Crippen molar-refractivity contribution in [2.45, 2.75) is 19.3 Å². The molecule has 0 aromatic heterocycles. The van der Waals surface area contributed by atoms with Gasteiger partial charge in [0.2, 0.25) is 5.92 Å². The number of hydrogen-bond donors (Lipinski definition) is 2. The fourth-order valence-electron chi connectivity index (χ4n) is 1.19. The maximum Gasteiger partial charge on any atom is 0.335 e. The van der Waals surface area contributed by atoms with Gasteiger partial charge in [0, 0.05) is 18.7 Å². The van der Waals surface area contributed by atoms with E-state index >= 15 is 0 Å². The monoisotopic (exact) mass is 229 g/mol. The summed E-state index contributed by atoms with van der Waals surface area (Å²) in [5.41, 5.74) is 0.664. The van der Waals surface area contributed by atoms with Gasteiger partial charge in [0.05, 0.1) is 5.56 Å². The number of alkyl halides is 2. The predicted octanol–water partition coefficient (Wildman–Crippen LogP) is 2.84. The molecule has 0 atom stereocenters. The van der Waals surface area contributed by atoms with E-state index in [0.29, 0.717) is 5.69 Å². The Hall–Kier alpha value is -1.65. The summed E-state index contributed by atoms with van der Waals surface area (Å²) in [7, 11) is 0. The summed E-state index contributed by atoms with van der Waals surface area (Å²) in [5.74, 6) is -3.75. The first-order valence-electron chi connectivity index (χ1n) is 4.83. The smallest absolute Gasteiger partial charge is 0.335 e. The number of benzene rings is 1. The van der Waals surface area contributed by atoms with Crippen LogP contribution in [0.2, 0.25) is 0 Å². The molecule has 0 saturated heterocycles. The fraction of sp³-hybridized carbons (Fsp3) is 0.364. The van der Waals surface area contributed by atoms with E-state index in [1.54, 1.807) is 12.1 Å². The first-order valence-corrected chi connectivity index (χ1v) is 4.83. The molecule has 0 amide bonds. The van der Waals surface area contributed by atoms with Gasteiger partial charge in [-0.05, 0) is 25.1 Å². The van der Waals surface area contributed by atoms with Crippen LogP contribution in [-0.4, -0.2) is 23.5 Å². The number of anilines is 1. The SMILES string of the molecule is CC(F)(F)CCNc1cccc(C(=O)O)c1. The van der Waals surface area contributed by atoms with Crippen molar-refractivity contribution in [3.8, 4) is 0 Å². The molecule has 0 radical (unpaired) electrons. The second kappa shape index (κ2) is 4.92. The molecular formula is C11H13F2NO2. The Morgan fingerprint density at radius 1 is 1.50 bits per heavy atom. The van der Waals surface area contributed by atoms with Crippen molar-refractivity contribution in [3.05, 3.63) is 29.8 Å². The van der Waals surface area contributed by atoms with E-state index in [9.17, 15) is 13.6 Å². The maximum atomic E-state index is 12.5. The van der Waals surface area contributed by atoms with Gasteiger partial charge in [-0.3, -0.25) is 0 Å². The van der Waals surface area contributed by atoms with Crippen LogP contribution in [0.25, 0.3) is 0 Å². The molecule has 0 aliphatic carbocycles. The lowest BCUT2D eigenvalue weighted by Crippen LogP contribution is -2.16. The van der Waals surface area contributed by atoms with E-state index in [-0.39, 0.29) is 18.5 Å². The molecule has 1 aromatic rings. The molecule has 0 bridgehead atoms. The molecule has 1 aromatic carbocycles. The zero-order valence-corrected chi connectivity index (χ0v) is 8.84. The minimum Gasteiger partial charge on any atom is -0.478 e. The fourth-order valence-corrected chi connectivity index (χ4v) is 1.19. The third-order valence-corrected chi connectivity index (χ3v) is 2.00. The number of rotatable bonds is 5. The third-order valence-electron chi connectivity index (χ3n) is 2.00. The lowest BCUT2D eigenvalue weighted by molar-refractivity contribution is 0.0166. The summed E-state index contributed by atoms with van der Waals surface area (Å²) >= 11 is 0. The van der Waals surface area contributed by atoms with Crippen molar-refractivity contribution in [2.24, 2.45) is 0 Å². The van der Waals surface area contributed by atoms with E-state index in [0.717, 1.165) is 6.92 Å². The first-order chi connectivity index (χ1) is 7.38. The molecule has 0 aliphatic heterocycles. The molecule has 2 N–H and O–H groups in total. The minimum absolute atomic E-state index is 0.104. The minimum atomic E-state index is -2.71. The molecule has 3 nitrogen and oxygen atoms in total. The van der Waals surface area contributed by atoms with Crippen molar-refractivity contribution >= 4 is 11.7 Å². The van der Waals surface area contributed by atoms with E-state index in [1.165, 1.54) is 12.1 Å². The highest BCUT2D eigenvalue weighted by atomic mass is 19.3. The molecular weight excluding hydrogens is 216 g/mol. The van der Waals surface area contributed by atoms with Crippen molar-refractivity contribution in [2.75, 3.05) is 11.9 Å². The van der Waals surface area contributed by atoms with Gasteiger partial charge in [-0.25, -0.2) is 13.6 Å². The standard InChI is InChI=1S/C11H13F2NO2/c1-11(12,13)5-6-14-9-4-2-3-8(7-9)10(15)16/h2-4,7,14H,5-6H2,1H3,(H,15,16). The van der Waals surface area contributed by atoms with Crippen molar-refractivity contribution in [1.82, 2.24) is 0 Å². The topological polar surface area (TPSA) is 49.3 Å². The number of nitrogens with one attached hydrogen (secondary N) is 1. The molecule has 88 valence electrons. The molecule has 0 aliphatic rings. The Bertz CT molecular complexity index is 374. The molecule has 1 rings (SSSR count). The summed E-state index contributed by atoms with van der Waals surface area (Å²) in [6.45, 7) is 0.953. The van der Waals surface area contributed by atoms with Gasteiger partial charge in [0.1, 0.15) is 0 Å². The van der Waals surface area contributed by atoms with E-state index < -0.39 is 11.9 Å². The molecule has 0 unspecified atom stereocenters. The Kier molecular flexibility index (Phi) is 3.82. The van der Waals surface area contributed by atoms with Crippen LogP contribution in [0.15, 0.2) is 24.3 Å². The van der Waals surface area contributed by atoms with Gasteiger partial charge in [-0.15, -0.1) is 0 Å². The van der Waals surface area contributed by atoms with Gasteiger partial charge in [-0.1, -0.05) is 6.07 Å². The van der Waals surface area contributed by atoms with Crippen molar-refractivity contribution in [1.29, 1.82) is 0 Å². The molecule has 0 heterocycles. The largest absolute Gasteiger partial charge is 0.478 e. The van der Waals surface area contributed by atoms with Crippen LogP contribution < -0.4 is 5.32 Å². The lowest BCUT2D eigenvalue weighted by Gasteiger charge is -2.11. The van der Waals surface area contributed by atoms with Crippen LogP contribution in [0.3, 0.4) is 0 Å². The van der Waals surface area contributed by atoms with Crippen LogP contribution in [0.1, 0.15) is 23.7 Å². The average Bonchev–Trinajstić information content (AvgIpc) is 2.16. The van der Waals surface area contributed by atoms with E-state index in [1.807, 2.05) is 0 Å². The normalized spacial score (nSPS) is 11.2. The second-order valence-corrected chi connectivity index (χ2v) is 3.63. The van der Waals surface area contributed by atoms with Gasteiger partial charge >= 0.3 is 5.97 Å². The van der Waals surface area contributed by atoms with Crippen LogP contribution in [-0.2, 0) is 0 Å². The second-order valence-electron chi connectivity index (χ2n) is 3.63. The van der Waals surface area contributed by atoms with Gasteiger partial charge in [-0.2, -0.15) is 0 Å². The Morgan fingerprint density at radius 3 is 2.75 bits per heavy atom. The number of aromatic carboxylic acids is 1. The summed E-state index contributed by atoms with van der Waals surface area (Å²) in [4.78, 5) is 10.6. The molecule has 5 heteroatoms. The average molecular weight is 229 g/mol. The summed E-state index contributed by atoms with van der Waals surface area (Å²) in [5, 5.41) is 11.5. The summed E-state index contributed by atoms with van der Waals surface area (Å²) in [6.07, 6.45) is -0.287. The van der Waals surface area contributed by atoms with Gasteiger partial charge < -0.3 is 10.4 Å². The van der Waals surface area contributed by atoms with Gasteiger partial charge in [0.25, 0.3) is 0 Å². The highest BCUT2D eigenvalue weighted by molar-refractivity contribution is 5.88. The molecule has 0 fully saturated rings. The van der Waals surface area contributed by atoms with E-state index in [4.69, 9.17) is 5.11 Å². The van der Waals surface area contributed by atoms with Crippen molar-refractivity contribution in [3.63, 3.8) is 0 Å². The third kappa shape index (κ3) is 4.25. The lowest BCUT2D eigenvalue weighted by atomic mass is 10.2. The van der Waals surface area contributed by atoms with Gasteiger partial charge in [0.15, 0.2) is 0 Å². The zero-order chi connectivity index (χ0) is 12.2. The molecule has 0 saturated carbocycles. The van der Waals surface area contributed by atoms with Crippen LogP contribution in [0.4, 0.5) is 14.5 Å². The first kappa shape index (κ1) is 12.4. The quantitative estimate of drug-likeness (QED) is 0.816. The predicted molar refractivity (Wildman–Crippen MR) is 57.1 cm³/mol. The number of carboxylic acid groups (broad SMARTS) is 1. The highest BCUT2D eigenvalue weighted by Crippen LogP contribution is 2.17. The van der Waals surface area contributed by atoms with Crippen molar-refractivity contribution < 1.29 is 18.7 Å². The Morgan fingerprint density at radius 2 is 2.19 bits per heavy atom. The molecule has 0 spiro atoms. The number of carboxylic acids is 1. The van der Waals surface area contributed by atoms with Crippen LogP contribution in [0.5, 0.6) is 0 Å². The molecule has 16 heavy (non-hydrogen) atoms. The Balaban J connectivity index is 2.55. The number of halogens is 2. The van der Waals surface area contributed by atoms with Crippen LogP contribution in [0, 0.1) is 0 Å². The highest BCUT2D eigenvalue weighted by Gasteiger charge is 2.19. The maximum absolute atomic E-state index is 12.5. The summed E-state index contributed by atoms with van der Waals surface area (Å²) in [6, 6.07) is 6.06. The van der Waals surface area contributed by atoms with E-state index in [2.05, 4.69) is 5.32 Å². The number of hydrogen-bond acceptors (Lipinski definition) is 2. The summed E-state index contributed by atoms with van der Waals surface area (Å²) < 4.78 is 25.0. The zero-order valence-electron chi connectivity index (χ0n) is 8.84. The number of carbonyl (C=O) groups is 1. The Labute approximate surface area is 92.1 Å². The van der Waals surface area contributed by atoms with Crippen LogP contribution >= 0.6 is 0 Å².